The summed E-state index contributed by atoms with van der Waals surface area (Å²) in [6, 6.07) is 3.61. The molecule has 0 unspecified atom stereocenters. The second kappa shape index (κ2) is 4.33. The van der Waals surface area contributed by atoms with Gasteiger partial charge in [-0.25, -0.2) is 17.6 Å². The standard InChI is InChI=1S/C13H9F4N/c1-6-2-3-8(14)12(13(6)17)7-4-10(16)11(18)5-9(7)15/h2-5H,18H2,1H3. The van der Waals surface area contributed by atoms with Crippen LogP contribution in [-0.2, 0) is 0 Å². The summed E-state index contributed by atoms with van der Waals surface area (Å²) in [5.41, 5.74) is 3.82. The van der Waals surface area contributed by atoms with Gasteiger partial charge >= 0.3 is 0 Å². The van der Waals surface area contributed by atoms with E-state index in [1.165, 1.54) is 13.0 Å². The molecule has 0 bridgehead atoms. The quantitative estimate of drug-likeness (QED) is 0.608. The second-order valence-corrected chi connectivity index (χ2v) is 3.91. The van der Waals surface area contributed by atoms with E-state index in [1.54, 1.807) is 0 Å². The third-order valence-electron chi connectivity index (χ3n) is 2.64. The summed E-state index contributed by atoms with van der Waals surface area (Å²) in [5.74, 6) is -3.77. The maximum Gasteiger partial charge on any atom is 0.146 e. The van der Waals surface area contributed by atoms with Crippen molar-refractivity contribution in [2.45, 2.75) is 6.92 Å². The van der Waals surface area contributed by atoms with Gasteiger partial charge in [-0.1, -0.05) is 6.07 Å². The first-order valence-electron chi connectivity index (χ1n) is 5.11. The summed E-state index contributed by atoms with van der Waals surface area (Å²) in [6.07, 6.45) is 0. The van der Waals surface area contributed by atoms with Gasteiger partial charge in [0.1, 0.15) is 23.3 Å². The molecule has 0 amide bonds. The molecule has 18 heavy (non-hydrogen) atoms. The molecule has 2 aromatic carbocycles. The fraction of sp³-hybridized carbons (Fsp3) is 0.0769. The lowest BCUT2D eigenvalue weighted by Crippen LogP contribution is -1.99. The van der Waals surface area contributed by atoms with Gasteiger partial charge in [0.15, 0.2) is 0 Å². The van der Waals surface area contributed by atoms with Crippen LogP contribution in [0.25, 0.3) is 11.1 Å². The van der Waals surface area contributed by atoms with Crippen LogP contribution in [0.4, 0.5) is 23.2 Å². The van der Waals surface area contributed by atoms with Crippen LogP contribution in [0.5, 0.6) is 0 Å². The molecule has 0 radical (unpaired) electrons. The number of hydrogen-bond acceptors (Lipinski definition) is 1. The van der Waals surface area contributed by atoms with Gasteiger partial charge in [0.05, 0.1) is 11.3 Å². The van der Waals surface area contributed by atoms with Gasteiger partial charge in [-0.2, -0.15) is 0 Å². The molecule has 2 rings (SSSR count). The van der Waals surface area contributed by atoms with E-state index in [-0.39, 0.29) is 5.56 Å². The van der Waals surface area contributed by atoms with E-state index in [9.17, 15) is 17.6 Å². The normalized spacial score (nSPS) is 10.7. The number of nitrogen functional groups attached to an aromatic ring is 1. The molecule has 0 aliphatic rings. The van der Waals surface area contributed by atoms with E-state index >= 15 is 0 Å². The Balaban J connectivity index is 2.77. The maximum atomic E-state index is 13.8. The molecule has 0 fully saturated rings. The summed E-state index contributed by atoms with van der Waals surface area (Å²) < 4.78 is 54.3. The lowest BCUT2D eigenvalue weighted by Gasteiger charge is -2.09. The first-order valence-corrected chi connectivity index (χ1v) is 5.11. The molecule has 0 aliphatic carbocycles. The number of halogens is 4. The molecular weight excluding hydrogens is 246 g/mol. The van der Waals surface area contributed by atoms with E-state index < -0.39 is 40.1 Å². The molecule has 0 heterocycles. The Morgan fingerprint density at radius 1 is 0.889 bits per heavy atom. The van der Waals surface area contributed by atoms with E-state index in [1.807, 2.05) is 0 Å². The predicted molar refractivity (Wildman–Crippen MR) is 60.9 cm³/mol. The van der Waals surface area contributed by atoms with Crippen LogP contribution < -0.4 is 5.73 Å². The van der Waals surface area contributed by atoms with Crippen molar-refractivity contribution in [1.29, 1.82) is 0 Å². The smallest absolute Gasteiger partial charge is 0.146 e. The monoisotopic (exact) mass is 255 g/mol. The fourth-order valence-corrected chi connectivity index (χ4v) is 1.66. The van der Waals surface area contributed by atoms with Crippen molar-refractivity contribution >= 4 is 5.69 Å². The second-order valence-electron chi connectivity index (χ2n) is 3.91. The number of anilines is 1. The molecule has 5 heteroatoms. The number of rotatable bonds is 1. The molecule has 2 N–H and O–H groups in total. The number of benzene rings is 2. The van der Waals surface area contributed by atoms with E-state index in [0.717, 1.165) is 6.07 Å². The zero-order chi connectivity index (χ0) is 13.4. The van der Waals surface area contributed by atoms with Crippen molar-refractivity contribution in [3.63, 3.8) is 0 Å². The lowest BCUT2D eigenvalue weighted by molar-refractivity contribution is 0.573. The van der Waals surface area contributed by atoms with Crippen LogP contribution >= 0.6 is 0 Å². The van der Waals surface area contributed by atoms with Gasteiger partial charge < -0.3 is 5.73 Å². The molecule has 0 spiro atoms. The van der Waals surface area contributed by atoms with Crippen LogP contribution in [0.3, 0.4) is 0 Å². The van der Waals surface area contributed by atoms with Gasteiger partial charge in [0.25, 0.3) is 0 Å². The van der Waals surface area contributed by atoms with Gasteiger partial charge in [-0.05, 0) is 24.6 Å². The number of hydrogen-bond donors (Lipinski definition) is 1. The van der Waals surface area contributed by atoms with Gasteiger partial charge in [-0.3, -0.25) is 0 Å². The average molecular weight is 255 g/mol. The Morgan fingerprint density at radius 2 is 1.56 bits per heavy atom. The minimum atomic E-state index is -0.975. The third-order valence-corrected chi connectivity index (χ3v) is 2.64. The van der Waals surface area contributed by atoms with Gasteiger partial charge in [-0.15, -0.1) is 0 Å². The van der Waals surface area contributed by atoms with Gasteiger partial charge in [0.2, 0.25) is 0 Å². The largest absolute Gasteiger partial charge is 0.396 e. The Kier molecular flexibility index (Phi) is 2.98. The number of nitrogens with two attached hydrogens (primary N) is 1. The number of aryl methyl sites for hydroxylation is 1. The molecule has 0 saturated heterocycles. The topological polar surface area (TPSA) is 26.0 Å². The summed E-state index contributed by atoms with van der Waals surface area (Å²) >= 11 is 0. The summed E-state index contributed by atoms with van der Waals surface area (Å²) in [5, 5.41) is 0. The van der Waals surface area contributed by atoms with E-state index in [4.69, 9.17) is 5.73 Å². The van der Waals surface area contributed by atoms with Crippen molar-refractivity contribution in [2.75, 3.05) is 5.73 Å². The van der Waals surface area contributed by atoms with Gasteiger partial charge in [0, 0.05) is 11.6 Å². The Morgan fingerprint density at radius 3 is 2.22 bits per heavy atom. The molecule has 1 nitrogen and oxygen atoms in total. The van der Waals surface area contributed by atoms with Crippen molar-refractivity contribution in [2.24, 2.45) is 0 Å². The highest BCUT2D eigenvalue weighted by Gasteiger charge is 2.18. The molecule has 2 aromatic rings. The fourth-order valence-electron chi connectivity index (χ4n) is 1.66. The van der Waals surface area contributed by atoms with Crippen LogP contribution in [0.2, 0.25) is 0 Å². The third kappa shape index (κ3) is 1.92. The highest BCUT2D eigenvalue weighted by atomic mass is 19.1. The molecule has 0 aliphatic heterocycles. The maximum absolute atomic E-state index is 13.8. The van der Waals surface area contributed by atoms with Crippen molar-refractivity contribution in [3.05, 3.63) is 53.1 Å². The van der Waals surface area contributed by atoms with Crippen LogP contribution in [0.15, 0.2) is 24.3 Å². The molecule has 0 aromatic heterocycles. The Hall–Kier alpha value is -2.04. The SMILES string of the molecule is Cc1ccc(F)c(-c2cc(F)c(N)cc2F)c1F. The van der Waals surface area contributed by atoms with E-state index in [0.29, 0.717) is 12.1 Å². The van der Waals surface area contributed by atoms with Crippen molar-refractivity contribution in [3.8, 4) is 11.1 Å². The average Bonchev–Trinajstić information content (AvgIpc) is 2.31. The Bertz CT molecular complexity index is 623. The minimum absolute atomic E-state index is 0.142. The highest BCUT2D eigenvalue weighted by Crippen LogP contribution is 2.32. The summed E-state index contributed by atoms with van der Waals surface area (Å²) in [4.78, 5) is 0. The zero-order valence-electron chi connectivity index (χ0n) is 9.40. The van der Waals surface area contributed by atoms with E-state index in [2.05, 4.69) is 0 Å². The zero-order valence-corrected chi connectivity index (χ0v) is 9.40. The minimum Gasteiger partial charge on any atom is -0.396 e. The van der Waals surface area contributed by atoms with Crippen molar-refractivity contribution in [1.82, 2.24) is 0 Å². The van der Waals surface area contributed by atoms with Crippen LogP contribution in [-0.4, -0.2) is 0 Å². The van der Waals surface area contributed by atoms with Crippen molar-refractivity contribution < 1.29 is 17.6 Å². The first-order chi connectivity index (χ1) is 8.41. The van der Waals surface area contributed by atoms with Crippen LogP contribution in [0.1, 0.15) is 5.56 Å². The molecule has 0 saturated carbocycles. The Labute approximate surface area is 101 Å². The summed E-state index contributed by atoms with van der Waals surface area (Å²) in [7, 11) is 0. The van der Waals surface area contributed by atoms with Crippen LogP contribution in [0, 0.1) is 30.2 Å². The molecule has 94 valence electrons. The molecular formula is C13H9F4N. The molecule has 0 atom stereocenters. The highest BCUT2D eigenvalue weighted by molar-refractivity contribution is 5.68. The summed E-state index contributed by atoms with van der Waals surface area (Å²) in [6.45, 7) is 1.41. The first kappa shape index (κ1) is 12.4. The lowest BCUT2D eigenvalue weighted by atomic mass is 10.0. The predicted octanol–water partition coefficient (Wildman–Crippen LogP) is 3.80.